The van der Waals surface area contributed by atoms with E-state index in [4.69, 9.17) is 11.6 Å². The summed E-state index contributed by atoms with van der Waals surface area (Å²) in [4.78, 5) is 16.9. The van der Waals surface area contributed by atoms with Crippen LogP contribution >= 0.6 is 11.6 Å². The van der Waals surface area contributed by atoms with Crippen molar-refractivity contribution in [3.8, 4) is 0 Å². The van der Waals surface area contributed by atoms with Crippen molar-refractivity contribution in [2.45, 2.75) is 34.1 Å². The lowest BCUT2D eigenvalue weighted by Gasteiger charge is -2.25. The van der Waals surface area contributed by atoms with Gasteiger partial charge < -0.3 is 10.2 Å². The van der Waals surface area contributed by atoms with E-state index in [0.29, 0.717) is 11.6 Å². The van der Waals surface area contributed by atoms with Gasteiger partial charge in [-0.1, -0.05) is 44.5 Å². The second kappa shape index (κ2) is 10.6. The van der Waals surface area contributed by atoms with Gasteiger partial charge >= 0.3 is 0 Å². The van der Waals surface area contributed by atoms with Gasteiger partial charge in [0.05, 0.1) is 17.3 Å². The number of hydrogen-bond donors (Lipinski definition) is 1. The van der Waals surface area contributed by atoms with Gasteiger partial charge in [-0.3, -0.25) is 9.69 Å². The van der Waals surface area contributed by atoms with E-state index in [1.165, 1.54) is 0 Å². The number of benzene rings is 1. The van der Waals surface area contributed by atoms with Crippen LogP contribution in [0.2, 0.25) is 5.02 Å². The summed E-state index contributed by atoms with van der Waals surface area (Å²) in [6.07, 6.45) is 1.04. The molecule has 0 unspecified atom stereocenters. The van der Waals surface area contributed by atoms with Gasteiger partial charge in [0.25, 0.3) is 0 Å². The average molecular weight is 340 g/mol. The van der Waals surface area contributed by atoms with E-state index in [-0.39, 0.29) is 5.91 Å². The first-order chi connectivity index (χ1) is 11.0. The van der Waals surface area contributed by atoms with Gasteiger partial charge in [0.2, 0.25) is 5.91 Å². The van der Waals surface area contributed by atoms with Crippen molar-refractivity contribution in [3.05, 3.63) is 28.8 Å². The lowest BCUT2D eigenvalue weighted by atomic mass is 10.2. The largest absolute Gasteiger partial charge is 0.323 e. The zero-order chi connectivity index (χ0) is 17.2. The first-order valence-electron chi connectivity index (χ1n) is 8.51. The third-order valence-electron chi connectivity index (χ3n) is 4.02. The highest BCUT2D eigenvalue weighted by Gasteiger charge is 2.13. The Morgan fingerprint density at radius 1 is 1.09 bits per heavy atom. The number of para-hydroxylation sites is 1. The van der Waals surface area contributed by atoms with Crippen LogP contribution in [0, 0.1) is 6.92 Å². The molecule has 0 aliphatic heterocycles. The first kappa shape index (κ1) is 19.9. The maximum atomic E-state index is 12.4. The molecule has 0 spiro atoms. The molecule has 1 amide bonds. The van der Waals surface area contributed by atoms with Gasteiger partial charge in [-0.05, 0) is 44.6 Å². The fourth-order valence-electron chi connectivity index (χ4n) is 2.58. The quantitative estimate of drug-likeness (QED) is 0.707. The molecule has 0 aliphatic carbocycles. The number of anilines is 1. The second-order valence-corrected chi connectivity index (χ2v) is 6.19. The zero-order valence-corrected chi connectivity index (χ0v) is 15.6. The molecule has 4 nitrogen and oxygen atoms in total. The average Bonchev–Trinajstić information content (AvgIpc) is 2.52. The van der Waals surface area contributed by atoms with Gasteiger partial charge in [-0.2, -0.15) is 0 Å². The van der Waals surface area contributed by atoms with E-state index in [1.807, 2.05) is 19.1 Å². The van der Waals surface area contributed by atoms with Crippen LogP contribution in [0.4, 0.5) is 5.69 Å². The van der Waals surface area contributed by atoms with Crippen molar-refractivity contribution in [2.75, 3.05) is 44.6 Å². The van der Waals surface area contributed by atoms with Gasteiger partial charge in [0.15, 0.2) is 0 Å². The maximum absolute atomic E-state index is 12.4. The number of rotatable bonds is 10. The van der Waals surface area contributed by atoms with Gasteiger partial charge in [-0.15, -0.1) is 0 Å². The molecule has 0 heterocycles. The molecule has 0 atom stereocenters. The number of carbonyl (C=O) groups is 1. The summed E-state index contributed by atoms with van der Waals surface area (Å²) in [7, 11) is 0. The van der Waals surface area contributed by atoms with Crippen LogP contribution in [-0.2, 0) is 4.79 Å². The van der Waals surface area contributed by atoms with Crippen molar-refractivity contribution in [3.63, 3.8) is 0 Å². The highest BCUT2D eigenvalue weighted by Crippen LogP contribution is 2.25. The summed E-state index contributed by atoms with van der Waals surface area (Å²) in [5.41, 5.74) is 1.70. The van der Waals surface area contributed by atoms with E-state index in [2.05, 4.69) is 35.9 Å². The first-order valence-corrected chi connectivity index (χ1v) is 8.89. The van der Waals surface area contributed by atoms with Crippen molar-refractivity contribution in [1.82, 2.24) is 9.80 Å². The summed E-state index contributed by atoms with van der Waals surface area (Å²) in [6, 6.07) is 5.64. The molecular weight excluding hydrogens is 310 g/mol. The molecule has 0 bridgehead atoms. The molecular formula is C18H30ClN3O. The van der Waals surface area contributed by atoms with Crippen LogP contribution in [0.5, 0.6) is 0 Å². The number of halogens is 1. The molecule has 0 aliphatic rings. The van der Waals surface area contributed by atoms with Crippen molar-refractivity contribution in [2.24, 2.45) is 0 Å². The van der Waals surface area contributed by atoms with Crippen LogP contribution in [0.3, 0.4) is 0 Å². The number of aryl methyl sites for hydroxylation is 1. The minimum atomic E-state index is -0.00537. The minimum Gasteiger partial charge on any atom is -0.323 e. The SMILES string of the molecule is CCCN(CCN(CC)CC)CC(=O)Nc1c(C)cccc1Cl. The number of carbonyl (C=O) groups excluding carboxylic acids is 1. The third kappa shape index (κ3) is 6.90. The zero-order valence-electron chi connectivity index (χ0n) is 14.9. The Morgan fingerprint density at radius 2 is 1.74 bits per heavy atom. The van der Waals surface area contributed by atoms with Crippen LogP contribution < -0.4 is 5.32 Å². The summed E-state index contributed by atoms with van der Waals surface area (Å²) < 4.78 is 0. The van der Waals surface area contributed by atoms with Crippen LogP contribution in [-0.4, -0.2) is 55.0 Å². The minimum absolute atomic E-state index is 0.00537. The number of amides is 1. The molecule has 0 saturated carbocycles. The predicted octanol–water partition coefficient (Wildman–Crippen LogP) is 3.64. The third-order valence-corrected chi connectivity index (χ3v) is 4.34. The molecule has 1 aromatic rings. The van der Waals surface area contributed by atoms with E-state index < -0.39 is 0 Å². The summed E-state index contributed by atoms with van der Waals surface area (Å²) in [5, 5.41) is 3.54. The lowest BCUT2D eigenvalue weighted by Crippen LogP contribution is -2.39. The smallest absolute Gasteiger partial charge is 0.238 e. The fourth-order valence-corrected chi connectivity index (χ4v) is 2.85. The Labute approximate surface area is 145 Å². The molecule has 0 fully saturated rings. The topological polar surface area (TPSA) is 35.6 Å². The van der Waals surface area contributed by atoms with E-state index in [9.17, 15) is 4.79 Å². The molecule has 5 heteroatoms. The molecule has 23 heavy (non-hydrogen) atoms. The molecule has 0 radical (unpaired) electrons. The maximum Gasteiger partial charge on any atom is 0.238 e. The lowest BCUT2D eigenvalue weighted by molar-refractivity contribution is -0.117. The number of nitrogens with one attached hydrogen (secondary N) is 1. The van der Waals surface area contributed by atoms with Gasteiger partial charge in [-0.25, -0.2) is 0 Å². The predicted molar refractivity (Wildman–Crippen MR) is 99.3 cm³/mol. The Kier molecular flexibility index (Phi) is 9.22. The standard InChI is InChI=1S/C18H30ClN3O/c1-5-11-22(13-12-21(6-2)7-3)14-17(23)20-18-15(4)9-8-10-16(18)19/h8-10H,5-7,11-14H2,1-4H3,(H,20,23). The summed E-state index contributed by atoms with van der Waals surface area (Å²) in [6.45, 7) is 13.7. The van der Waals surface area contributed by atoms with Gasteiger partial charge in [0, 0.05) is 13.1 Å². The molecule has 1 rings (SSSR count). The summed E-state index contributed by atoms with van der Waals surface area (Å²) >= 11 is 6.18. The Balaban J connectivity index is 2.60. The van der Waals surface area contributed by atoms with Crippen molar-refractivity contribution < 1.29 is 4.79 Å². The van der Waals surface area contributed by atoms with E-state index >= 15 is 0 Å². The molecule has 0 aromatic heterocycles. The molecule has 1 N–H and O–H groups in total. The Hall–Kier alpha value is -1.10. The fraction of sp³-hybridized carbons (Fsp3) is 0.611. The Morgan fingerprint density at radius 3 is 2.30 bits per heavy atom. The highest BCUT2D eigenvalue weighted by atomic mass is 35.5. The number of likely N-dealkylation sites (N-methyl/N-ethyl adjacent to an activating group) is 1. The van der Waals surface area contributed by atoms with Crippen molar-refractivity contribution in [1.29, 1.82) is 0 Å². The van der Waals surface area contributed by atoms with Crippen molar-refractivity contribution >= 4 is 23.2 Å². The number of hydrogen-bond acceptors (Lipinski definition) is 3. The van der Waals surface area contributed by atoms with E-state index in [0.717, 1.165) is 50.4 Å². The second-order valence-electron chi connectivity index (χ2n) is 5.78. The van der Waals surface area contributed by atoms with Crippen LogP contribution in [0.1, 0.15) is 32.8 Å². The normalized spacial score (nSPS) is 11.3. The monoisotopic (exact) mass is 339 g/mol. The van der Waals surface area contributed by atoms with Gasteiger partial charge in [0.1, 0.15) is 0 Å². The molecule has 130 valence electrons. The number of nitrogens with zero attached hydrogens (tertiary/aromatic N) is 2. The Bertz CT molecular complexity index is 469. The van der Waals surface area contributed by atoms with Crippen LogP contribution in [0.15, 0.2) is 18.2 Å². The highest BCUT2D eigenvalue weighted by molar-refractivity contribution is 6.33. The van der Waals surface area contributed by atoms with E-state index in [1.54, 1.807) is 6.07 Å². The summed E-state index contributed by atoms with van der Waals surface area (Å²) in [5.74, 6) is -0.00537. The molecule has 1 aromatic carbocycles. The molecule has 0 saturated heterocycles. The van der Waals surface area contributed by atoms with Crippen LogP contribution in [0.25, 0.3) is 0 Å².